The summed E-state index contributed by atoms with van der Waals surface area (Å²) in [6.07, 6.45) is 9.97. The third-order valence-corrected chi connectivity index (χ3v) is 2.25. The van der Waals surface area contributed by atoms with Gasteiger partial charge in [0.15, 0.2) is 0 Å². The van der Waals surface area contributed by atoms with Crippen molar-refractivity contribution in [2.75, 3.05) is 0 Å². The maximum absolute atomic E-state index is 3.84. The molecule has 0 aromatic rings. The van der Waals surface area contributed by atoms with E-state index < -0.39 is 0 Å². The first-order valence-corrected chi connectivity index (χ1v) is 4.20. The summed E-state index contributed by atoms with van der Waals surface area (Å²) in [6.45, 7) is 8.11. The second-order valence-corrected chi connectivity index (χ2v) is 3.22. The lowest BCUT2D eigenvalue weighted by atomic mass is 9.95. The Kier molecular flexibility index (Phi) is 2.70. The highest BCUT2D eigenvalue weighted by Crippen LogP contribution is 2.31. The van der Waals surface area contributed by atoms with Gasteiger partial charge < -0.3 is 0 Å². The van der Waals surface area contributed by atoms with Crippen LogP contribution in [-0.4, -0.2) is 0 Å². The molecule has 0 nitrogen and oxygen atoms in total. The van der Waals surface area contributed by atoms with Gasteiger partial charge in [0.2, 0.25) is 0 Å². The molecular weight excluding hydrogens is 132 g/mol. The van der Waals surface area contributed by atoms with Gasteiger partial charge in [0.25, 0.3) is 0 Å². The monoisotopic (exact) mass is 148 g/mol. The Hall–Kier alpha value is -0.780. The van der Waals surface area contributed by atoms with Crippen LogP contribution in [0.5, 0.6) is 0 Å². The summed E-state index contributed by atoms with van der Waals surface area (Å²) in [6, 6.07) is 0. The van der Waals surface area contributed by atoms with E-state index in [-0.39, 0.29) is 0 Å². The summed E-state index contributed by atoms with van der Waals surface area (Å²) in [4.78, 5) is 0. The smallest absolute Gasteiger partial charge is 0.00148 e. The predicted octanol–water partition coefficient (Wildman–Crippen LogP) is 3.33. The zero-order chi connectivity index (χ0) is 8.27. The fourth-order valence-electron chi connectivity index (χ4n) is 1.69. The van der Waals surface area contributed by atoms with Crippen LogP contribution in [0.15, 0.2) is 36.5 Å². The molecule has 0 spiro atoms. The maximum Gasteiger partial charge on any atom is 0.00148 e. The van der Waals surface area contributed by atoms with Crippen molar-refractivity contribution in [1.29, 1.82) is 0 Å². The number of allylic oxidation sites excluding steroid dienone is 5. The van der Waals surface area contributed by atoms with Gasteiger partial charge in [-0.2, -0.15) is 0 Å². The summed E-state index contributed by atoms with van der Waals surface area (Å²) in [5.74, 6) is 1.25. The first-order chi connectivity index (χ1) is 5.27. The Labute approximate surface area is 69.3 Å². The van der Waals surface area contributed by atoms with E-state index in [4.69, 9.17) is 0 Å². The molecule has 1 aliphatic carbocycles. The topological polar surface area (TPSA) is 0 Å². The van der Waals surface area contributed by atoms with E-state index in [1.807, 2.05) is 0 Å². The molecule has 0 aromatic carbocycles. The van der Waals surface area contributed by atoms with Gasteiger partial charge in [0.1, 0.15) is 0 Å². The van der Waals surface area contributed by atoms with Crippen molar-refractivity contribution in [2.45, 2.75) is 20.3 Å². The minimum Gasteiger partial charge on any atom is -0.103 e. The molecule has 0 saturated carbocycles. The molecule has 0 radical (unpaired) electrons. The van der Waals surface area contributed by atoms with Crippen LogP contribution in [0, 0.1) is 11.8 Å². The van der Waals surface area contributed by atoms with Gasteiger partial charge in [-0.1, -0.05) is 29.9 Å². The average molecular weight is 148 g/mol. The quantitative estimate of drug-likeness (QED) is 0.527. The van der Waals surface area contributed by atoms with Gasteiger partial charge >= 0.3 is 0 Å². The highest BCUT2D eigenvalue weighted by Gasteiger charge is 2.19. The second-order valence-electron chi connectivity index (χ2n) is 3.22. The first-order valence-electron chi connectivity index (χ1n) is 4.20. The molecule has 2 unspecified atom stereocenters. The Morgan fingerprint density at radius 2 is 2.36 bits per heavy atom. The van der Waals surface area contributed by atoms with E-state index in [2.05, 4.69) is 44.7 Å². The van der Waals surface area contributed by atoms with Crippen molar-refractivity contribution in [1.82, 2.24) is 0 Å². The van der Waals surface area contributed by atoms with Crippen molar-refractivity contribution < 1.29 is 0 Å². The van der Waals surface area contributed by atoms with Crippen LogP contribution in [0.2, 0.25) is 0 Å². The number of hydrogen-bond acceptors (Lipinski definition) is 0. The Morgan fingerprint density at radius 1 is 1.64 bits per heavy atom. The molecule has 1 aliphatic rings. The van der Waals surface area contributed by atoms with Gasteiger partial charge in [-0.3, -0.25) is 0 Å². The van der Waals surface area contributed by atoms with E-state index in [9.17, 15) is 0 Å². The molecule has 0 heterocycles. The summed E-state index contributed by atoms with van der Waals surface area (Å²) in [5, 5.41) is 0. The van der Waals surface area contributed by atoms with Crippen molar-refractivity contribution in [3.8, 4) is 0 Å². The molecule has 60 valence electrons. The standard InChI is InChI=1S/C11H16/c1-4-6-11-8-9(3)7-10(11)5-2/h4-6,8,10-11H,2,7H2,1,3H3/b6-4+. The molecule has 0 heteroatoms. The minimum atomic E-state index is 0.609. The summed E-state index contributed by atoms with van der Waals surface area (Å²) in [7, 11) is 0. The number of hydrogen-bond donors (Lipinski definition) is 0. The largest absolute Gasteiger partial charge is 0.103 e. The second kappa shape index (κ2) is 3.56. The van der Waals surface area contributed by atoms with E-state index in [1.54, 1.807) is 0 Å². The fraction of sp³-hybridized carbons (Fsp3) is 0.455. The van der Waals surface area contributed by atoms with Crippen LogP contribution in [0.3, 0.4) is 0 Å². The van der Waals surface area contributed by atoms with Crippen LogP contribution < -0.4 is 0 Å². The van der Waals surface area contributed by atoms with Crippen molar-refractivity contribution in [2.24, 2.45) is 11.8 Å². The molecule has 0 fully saturated rings. The zero-order valence-corrected chi connectivity index (χ0v) is 7.38. The zero-order valence-electron chi connectivity index (χ0n) is 7.38. The molecular formula is C11H16. The maximum atomic E-state index is 3.84. The lowest BCUT2D eigenvalue weighted by Gasteiger charge is -2.09. The lowest BCUT2D eigenvalue weighted by molar-refractivity contribution is 0.598. The van der Waals surface area contributed by atoms with Gasteiger partial charge in [0, 0.05) is 5.92 Å². The van der Waals surface area contributed by atoms with Gasteiger partial charge in [-0.25, -0.2) is 0 Å². The Balaban J connectivity index is 2.68. The molecule has 0 aliphatic heterocycles. The molecule has 0 aromatic heterocycles. The molecule has 2 atom stereocenters. The van der Waals surface area contributed by atoms with Crippen LogP contribution in [-0.2, 0) is 0 Å². The molecule has 0 N–H and O–H groups in total. The highest BCUT2D eigenvalue weighted by atomic mass is 14.2. The van der Waals surface area contributed by atoms with Crippen LogP contribution >= 0.6 is 0 Å². The minimum absolute atomic E-state index is 0.609. The van der Waals surface area contributed by atoms with Gasteiger partial charge in [-0.05, 0) is 26.2 Å². The molecule has 0 bridgehead atoms. The normalized spacial score (nSPS) is 30.9. The van der Waals surface area contributed by atoms with Crippen LogP contribution in [0.1, 0.15) is 20.3 Å². The van der Waals surface area contributed by atoms with Crippen molar-refractivity contribution in [3.05, 3.63) is 36.5 Å². The molecule has 0 saturated heterocycles. The Bertz CT molecular complexity index is 196. The Morgan fingerprint density at radius 3 is 2.91 bits per heavy atom. The fourth-order valence-corrected chi connectivity index (χ4v) is 1.69. The molecule has 0 amide bonds. The third kappa shape index (κ3) is 1.83. The molecule has 11 heavy (non-hydrogen) atoms. The van der Waals surface area contributed by atoms with E-state index in [0.717, 1.165) is 0 Å². The van der Waals surface area contributed by atoms with E-state index in [1.165, 1.54) is 12.0 Å². The molecule has 1 rings (SSSR count). The summed E-state index contributed by atoms with van der Waals surface area (Å²) < 4.78 is 0. The van der Waals surface area contributed by atoms with Crippen LogP contribution in [0.25, 0.3) is 0 Å². The third-order valence-electron chi connectivity index (χ3n) is 2.25. The summed E-state index contributed by atoms with van der Waals surface area (Å²) >= 11 is 0. The predicted molar refractivity (Wildman–Crippen MR) is 50.4 cm³/mol. The SMILES string of the molecule is C=CC1CC(C)=CC1/C=C/C. The van der Waals surface area contributed by atoms with Crippen molar-refractivity contribution in [3.63, 3.8) is 0 Å². The van der Waals surface area contributed by atoms with Crippen molar-refractivity contribution >= 4 is 0 Å². The van der Waals surface area contributed by atoms with E-state index in [0.29, 0.717) is 11.8 Å². The lowest BCUT2D eigenvalue weighted by Crippen LogP contribution is -2.00. The first kappa shape index (κ1) is 8.32. The van der Waals surface area contributed by atoms with Gasteiger partial charge in [0.05, 0.1) is 0 Å². The van der Waals surface area contributed by atoms with Gasteiger partial charge in [-0.15, -0.1) is 6.58 Å². The highest BCUT2D eigenvalue weighted by molar-refractivity contribution is 5.19. The average Bonchev–Trinajstić information content (AvgIpc) is 2.32. The van der Waals surface area contributed by atoms with Crippen LogP contribution in [0.4, 0.5) is 0 Å². The van der Waals surface area contributed by atoms with E-state index >= 15 is 0 Å². The number of rotatable bonds is 2. The summed E-state index contributed by atoms with van der Waals surface area (Å²) in [5.41, 5.74) is 1.50.